The molecule has 0 spiro atoms. The Labute approximate surface area is 149 Å². The minimum absolute atomic E-state index is 0. The molecule has 0 aliphatic rings. The maximum absolute atomic E-state index is 5.72. The summed E-state index contributed by atoms with van der Waals surface area (Å²) in [6.45, 7) is 0. The molecule has 0 atom stereocenters. The van der Waals surface area contributed by atoms with Crippen molar-refractivity contribution in [3.63, 3.8) is 0 Å². The van der Waals surface area contributed by atoms with Crippen molar-refractivity contribution < 1.29 is 47.2 Å². The van der Waals surface area contributed by atoms with Crippen molar-refractivity contribution in [1.82, 2.24) is 0 Å². The largest absolute Gasteiger partial charge is 1.00 e. The zero-order valence-electron chi connectivity index (χ0n) is 12.1. The quantitative estimate of drug-likeness (QED) is 0.428. The van der Waals surface area contributed by atoms with Crippen LogP contribution in [0.2, 0.25) is 0 Å². The van der Waals surface area contributed by atoms with Gasteiger partial charge in [-0.25, -0.2) is 0 Å². The van der Waals surface area contributed by atoms with E-state index >= 15 is 0 Å². The van der Waals surface area contributed by atoms with Crippen LogP contribution in [0.4, 0.5) is 0 Å². The van der Waals surface area contributed by atoms with Gasteiger partial charge >= 0.3 is 29.6 Å². The fraction of sp³-hybridized carbons (Fsp3) is 0. The predicted octanol–water partition coefficient (Wildman–Crippen LogP) is -1.56. The second kappa shape index (κ2) is 6.12. The molecule has 0 bridgehead atoms. The molecule has 0 saturated carbocycles. The first-order chi connectivity index (χ1) is 10.4. The monoisotopic (exact) mass is 302 g/mol. The molecule has 4 rings (SSSR count). The van der Waals surface area contributed by atoms with Crippen molar-refractivity contribution in [1.29, 1.82) is 0 Å². The van der Waals surface area contributed by atoms with Crippen LogP contribution in [-0.4, -0.2) is 6.15 Å². The third-order valence-corrected chi connectivity index (χ3v) is 3.88. The molecule has 4 aromatic rings. The van der Waals surface area contributed by atoms with Crippen LogP contribution >= 0.6 is 0 Å². The summed E-state index contributed by atoms with van der Waals surface area (Å²) >= 11 is 0. The summed E-state index contributed by atoms with van der Waals surface area (Å²) in [4.78, 5) is 0. The molecule has 104 valence electrons. The molecule has 0 aromatic carbocycles. The second-order valence-corrected chi connectivity index (χ2v) is 4.93. The second-order valence-electron chi connectivity index (χ2n) is 4.93. The Morgan fingerprint density at radius 2 is 0.773 bits per heavy atom. The van der Waals surface area contributed by atoms with E-state index < -0.39 is 6.15 Å². The molecule has 0 saturated heterocycles. The van der Waals surface area contributed by atoms with Crippen LogP contribution in [0.3, 0.4) is 0 Å². The van der Waals surface area contributed by atoms with Crippen molar-refractivity contribution in [2.45, 2.75) is 0 Å². The molecule has 0 unspecified atom stereocenters. The number of rotatable bonds is 4. The molecule has 0 N–H and O–H groups in total. The molecule has 0 aliphatic heterocycles. The zero-order valence-corrected chi connectivity index (χ0v) is 14.1. The van der Waals surface area contributed by atoms with Crippen molar-refractivity contribution in [3.05, 3.63) is 73.6 Å². The van der Waals surface area contributed by atoms with E-state index in [1.807, 2.05) is 48.5 Å². The Morgan fingerprint density at radius 3 is 0.955 bits per heavy atom. The standard InChI is InChI=1S/C16H12BO4.Na/c1-5-13(18-9-1)17(14-6-2-10-19-14,15-7-3-11-20-15)16-8-4-12-21-16;/h1-12H;/q-1;+1. The minimum atomic E-state index is -1.72. The van der Waals surface area contributed by atoms with E-state index in [9.17, 15) is 0 Å². The maximum Gasteiger partial charge on any atom is 1.00 e. The Kier molecular flexibility index (Phi) is 4.20. The minimum Gasteiger partial charge on any atom is -0.509 e. The van der Waals surface area contributed by atoms with Crippen molar-refractivity contribution in [3.8, 4) is 0 Å². The summed E-state index contributed by atoms with van der Waals surface area (Å²) in [5.41, 5.74) is 2.93. The summed E-state index contributed by atoms with van der Waals surface area (Å²) in [5.74, 6) is 0. The molecule has 0 aliphatic carbocycles. The van der Waals surface area contributed by atoms with E-state index in [2.05, 4.69) is 0 Å². The van der Waals surface area contributed by atoms with Crippen LogP contribution in [0.5, 0.6) is 0 Å². The van der Waals surface area contributed by atoms with E-state index in [4.69, 9.17) is 17.7 Å². The summed E-state index contributed by atoms with van der Waals surface area (Å²) < 4.78 is 22.9. The van der Waals surface area contributed by atoms with Gasteiger partial charge in [-0.2, -0.15) is 0 Å². The van der Waals surface area contributed by atoms with E-state index in [1.54, 1.807) is 25.1 Å². The first-order valence-electron chi connectivity index (χ1n) is 6.74. The number of hydrogen-bond acceptors (Lipinski definition) is 4. The van der Waals surface area contributed by atoms with Gasteiger partial charge in [0.1, 0.15) is 0 Å². The van der Waals surface area contributed by atoms with Gasteiger partial charge < -0.3 is 17.7 Å². The first-order valence-corrected chi connectivity index (χ1v) is 6.74. The van der Waals surface area contributed by atoms with Crippen molar-refractivity contribution in [2.24, 2.45) is 0 Å². The predicted molar refractivity (Wildman–Crippen MR) is 79.1 cm³/mol. The number of hydrogen-bond donors (Lipinski definition) is 0. The third-order valence-electron chi connectivity index (χ3n) is 3.88. The van der Waals surface area contributed by atoms with Gasteiger partial charge in [0.2, 0.25) is 0 Å². The fourth-order valence-electron chi connectivity index (χ4n) is 2.99. The maximum atomic E-state index is 5.72. The van der Waals surface area contributed by atoms with Gasteiger partial charge in [0.15, 0.2) is 0 Å². The average Bonchev–Trinajstić information content (AvgIpc) is 3.32. The third kappa shape index (κ3) is 2.13. The molecule has 0 radical (unpaired) electrons. The van der Waals surface area contributed by atoms with Gasteiger partial charge in [0.05, 0.1) is 25.1 Å². The van der Waals surface area contributed by atoms with Crippen LogP contribution < -0.4 is 52.2 Å². The normalized spacial score (nSPS) is 11.3. The molecule has 4 heterocycles. The van der Waals surface area contributed by atoms with Crippen LogP contribution in [0.15, 0.2) is 91.3 Å². The molecule has 4 aromatic heterocycles. The molecule has 0 amide bonds. The Bertz CT molecular complexity index is 644. The van der Waals surface area contributed by atoms with Crippen LogP contribution in [0, 0.1) is 0 Å². The molecular formula is C16H12BNaO4. The van der Waals surface area contributed by atoms with Gasteiger partial charge in [0.25, 0.3) is 6.15 Å². The van der Waals surface area contributed by atoms with E-state index in [0.717, 1.165) is 22.6 Å². The summed E-state index contributed by atoms with van der Waals surface area (Å²) in [6, 6.07) is 15.0. The van der Waals surface area contributed by atoms with Crippen LogP contribution in [0.1, 0.15) is 0 Å². The van der Waals surface area contributed by atoms with E-state index in [1.165, 1.54) is 0 Å². The molecular weight excluding hydrogens is 290 g/mol. The van der Waals surface area contributed by atoms with Gasteiger partial charge in [-0.3, -0.25) is 0 Å². The van der Waals surface area contributed by atoms with Crippen molar-refractivity contribution >= 4 is 28.8 Å². The van der Waals surface area contributed by atoms with Crippen molar-refractivity contribution in [2.75, 3.05) is 0 Å². The van der Waals surface area contributed by atoms with E-state index in [0.29, 0.717) is 0 Å². The van der Waals surface area contributed by atoms with Crippen LogP contribution in [-0.2, 0) is 0 Å². The van der Waals surface area contributed by atoms with Gasteiger partial charge in [-0.15, -0.1) is 0 Å². The molecule has 6 heteroatoms. The molecule has 0 fully saturated rings. The fourth-order valence-corrected chi connectivity index (χ4v) is 2.99. The van der Waals surface area contributed by atoms with E-state index in [-0.39, 0.29) is 29.6 Å². The Balaban J connectivity index is 0.00000144. The SMILES string of the molecule is [Na+].c1coc([B-](c2ccco2)(c2ccco2)c2ccco2)c1. The molecule has 22 heavy (non-hydrogen) atoms. The molecule has 4 nitrogen and oxygen atoms in total. The van der Waals surface area contributed by atoms with Crippen LogP contribution in [0.25, 0.3) is 0 Å². The Hall–Kier alpha value is -1.82. The average molecular weight is 302 g/mol. The summed E-state index contributed by atoms with van der Waals surface area (Å²) in [6.07, 6.45) is 4.84. The zero-order chi connectivity index (χ0) is 14.1. The Morgan fingerprint density at radius 1 is 0.500 bits per heavy atom. The van der Waals surface area contributed by atoms with Gasteiger partial charge in [-0.05, 0) is 46.9 Å². The van der Waals surface area contributed by atoms with Gasteiger partial charge in [-0.1, -0.05) is 24.3 Å². The van der Waals surface area contributed by atoms with Gasteiger partial charge in [0, 0.05) is 0 Å². The topological polar surface area (TPSA) is 52.6 Å². The summed E-state index contributed by atoms with van der Waals surface area (Å²) in [7, 11) is 0. The summed E-state index contributed by atoms with van der Waals surface area (Å²) in [5, 5.41) is 0. The smallest absolute Gasteiger partial charge is 0.509 e. The number of furan rings is 4. The first kappa shape index (κ1) is 15.1.